The van der Waals surface area contributed by atoms with Crippen LogP contribution >= 0.6 is 0 Å². The summed E-state index contributed by atoms with van der Waals surface area (Å²) in [6.45, 7) is 3.85. The fraction of sp³-hybridized carbons (Fsp3) is 0.227. The molecule has 6 nitrogen and oxygen atoms in total. The van der Waals surface area contributed by atoms with Crippen LogP contribution in [0.2, 0.25) is 0 Å². The third kappa shape index (κ3) is 4.18. The lowest BCUT2D eigenvalue weighted by molar-refractivity contribution is -0.131. The molecule has 1 heterocycles. The molecule has 1 unspecified atom stereocenters. The molecule has 28 heavy (non-hydrogen) atoms. The Labute approximate surface area is 163 Å². The fourth-order valence-corrected chi connectivity index (χ4v) is 2.96. The summed E-state index contributed by atoms with van der Waals surface area (Å²) in [5.74, 6) is -0.804. The average Bonchev–Trinajstić information content (AvgIpc) is 2.72. The zero-order valence-electron chi connectivity index (χ0n) is 16.2. The van der Waals surface area contributed by atoms with Gasteiger partial charge in [-0.3, -0.25) is 20.4 Å². The number of benzene rings is 2. The van der Waals surface area contributed by atoms with Crippen molar-refractivity contribution in [2.75, 3.05) is 7.11 Å². The highest BCUT2D eigenvalue weighted by Crippen LogP contribution is 2.25. The van der Waals surface area contributed by atoms with Gasteiger partial charge < -0.3 is 4.74 Å². The average molecular weight is 377 g/mol. The first-order chi connectivity index (χ1) is 13.5. The molecule has 6 heteroatoms. The maximum absolute atomic E-state index is 12.8. The van der Waals surface area contributed by atoms with Crippen molar-refractivity contribution in [3.05, 3.63) is 65.7 Å². The Morgan fingerprint density at radius 1 is 1.07 bits per heavy atom. The van der Waals surface area contributed by atoms with Crippen LogP contribution in [0.15, 0.2) is 54.6 Å². The van der Waals surface area contributed by atoms with E-state index in [4.69, 9.17) is 4.74 Å². The summed E-state index contributed by atoms with van der Waals surface area (Å²) in [6.07, 6.45) is -0.105. The monoisotopic (exact) mass is 377 g/mol. The molecule has 0 spiro atoms. The number of fused-ring (bicyclic) bond motifs is 1. The molecule has 0 saturated carbocycles. The summed E-state index contributed by atoms with van der Waals surface area (Å²) in [7, 11) is 1.46. The highest BCUT2D eigenvalue weighted by Gasteiger charge is 2.18. The zero-order valence-corrected chi connectivity index (χ0v) is 16.2. The van der Waals surface area contributed by atoms with E-state index in [0.717, 1.165) is 11.1 Å². The molecule has 2 aromatic carbocycles. The Hall–Kier alpha value is -3.25. The van der Waals surface area contributed by atoms with Gasteiger partial charge in [0.05, 0.1) is 16.8 Å². The molecule has 0 aliphatic heterocycles. The number of para-hydroxylation sites is 1. The van der Waals surface area contributed by atoms with Crippen LogP contribution in [0.25, 0.3) is 22.2 Å². The minimum absolute atomic E-state index is 0.393. The quantitative estimate of drug-likeness (QED) is 0.668. The van der Waals surface area contributed by atoms with Gasteiger partial charge in [0.15, 0.2) is 0 Å². The van der Waals surface area contributed by atoms with Gasteiger partial charge in [-0.25, -0.2) is 4.98 Å². The van der Waals surface area contributed by atoms with Crippen LogP contribution in [0.1, 0.15) is 29.3 Å². The first-order valence-corrected chi connectivity index (χ1v) is 9.13. The maximum Gasteiger partial charge on any atom is 0.270 e. The Morgan fingerprint density at radius 3 is 2.46 bits per heavy atom. The van der Waals surface area contributed by atoms with Crippen molar-refractivity contribution in [1.29, 1.82) is 0 Å². The molecule has 0 saturated heterocycles. The Balaban J connectivity index is 1.94. The Kier molecular flexibility index (Phi) is 6.01. The van der Waals surface area contributed by atoms with E-state index >= 15 is 0 Å². The second-order valence-corrected chi connectivity index (χ2v) is 6.51. The van der Waals surface area contributed by atoms with E-state index in [1.54, 1.807) is 6.07 Å². The van der Waals surface area contributed by atoms with Gasteiger partial charge in [0.1, 0.15) is 6.10 Å². The lowest BCUT2D eigenvalue weighted by Crippen LogP contribution is -2.46. The number of aryl methyl sites for hydroxylation is 1. The molecule has 1 atom stereocenters. The van der Waals surface area contributed by atoms with Gasteiger partial charge in [0.2, 0.25) is 0 Å². The number of hydrogen-bond donors (Lipinski definition) is 2. The number of aromatic nitrogens is 1. The normalized spacial score (nSPS) is 11.8. The van der Waals surface area contributed by atoms with E-state index < -0.39 is 17.9 Å². The molecule has 0 aliphatic rings. The van der Waals surface area contributed by atoms with Gasteiger partial charge in [0, 0.05) is 18.1 Å². The molecule has 0 fully saturated rings. The standard InChI is InChI=1S/C22H23N3O3/c1-4-20(28-3)22(27)25-24-21(26)17-13-19(15-11-9-14(2)10-12-15)23-18-8-6-5-7-16(17)18/h5-13,20H,4H2,1-3H3,(H,24,26)(H,25,27). The predicted molar refractivity (Wildman–Crippen MR) is 109 cm³/mol. The lowest BCUT2D eigenvalue weighted by atomic mass is 10.0. The summed E-state index contributed by atoms with van der Waals surface area (Å²) in [4.78, 5) is 29.5. The van der Waals surface area contributed by atoms with Crippen molar-refractivity contribution in [2.45, 2.75) is 26.4 Å². The Bertz CT molecular complexity index is 996. The molecule has 2 N–H and O–H groups in total. The van der Waals surface area contributed by atoms with Gasteiger partial charge in [-0.2, -0.15) is 0 Å². The van der Waals surface area contributed by atoms with Gasteiger partial charge >= 0.3 is 0 Å². The number of hydrogen-bond acceptors (Lipinski definition) is 4. The summed E-state index contributed by atoms with van der Waals surface area (Å²) in [6, 6.07) is 17.1. The van der Waals surface area contributed by atoms with Crippen LogP contribution < -0.4 is 10.9 Å². The van der Waals surface area contributed by atoms with Crippen molar-refractivity contribution in [1.82, 2.24) is 15.8 Å². The second kappa shape index (κ2) is 8.63. The first-order valence-electron chi connectivity index (χ1n) is 9.13. The fourth-order valence-electron chi connectivity index (χ4n) is 2.96. The topological polar surface area (TPSA) is 80.3 Å². The number of rotatable bonds is 5. The SMILES string of the molecule is CCC(OC)C(=O)NNC(=O)c1cc(-c2ccc(C)cc2)nc2ccccc12. The number of pyridine rings is 1. The molecule has 1 aromatic heterocycles. The van der Waals surface area contributed by atoms with E-state index in [0.29, 0.717) is 28.6 Å². The highest BCUT2D eigenvalue weighted by atomic mass is 16.5. The van der Waals surface area contributed by atoms with E-state index in [1.807, 2.05) is 62.4 Å². The molecule has 0 bridgehead atoms. The minimum Gasteiger partial charge on any atom is -0.372 e. The van der Waals surface area contributed by atoms with Crippen molar-refractivity contribution in [2.24, 2.45) is 0 Å². The van der Waals surface area contributed by atoms with Gasteiger partial charge in [-0.15, -0.1) is 0 Å². The summed E-state index contributed by atoms with van der Waals surface area (Å²) in [5, 5.41) is 0.712. The molecule has 3 aromatic rings. The predicted octanol–water partition coefficient (Wildman–Crippen LogP) is 3.40. The van der Waals surface area contributed by atoms with Gasteiger partial charge in [-0.1, -0.05) is 55.0 Å². The molecule has 2 amide bonds. The largest absolute Gasteiger partial charge is 0.372 e. The van der Waals surface area contributed by atoms with Gasteiger partial charge in [-0.05, 0) is 25.5 Å². The summed E-state index contributed by atoms with van der Waals surface area (Å²) in [5.41, 5.74) is 8.81. The van der Waals surface area contributed by atoms with E-state index in [-0.39, 0.29) is 0 Å². The number of amides is 2. The first kappa shape index (κ1) is 19.5. The third-order valence-electron chi connectivity index (χ3n) is 4.56. The Morgan fingerprint density at radius 2 is 1.79 bits per heavy atom. The van der Waals surface area contributed by atoms with E-state index in [1.165, 1.54) is 7.11 Å². The van der Waals surface area contributed by atoms with Crippen molar-refractivity contribution in [3.8, 4) is 11.3 Å². The second-order valence-electron chi connectivity index (χ2n) is 6.51. The van der Waals surface area contributed by atoms with Crippen LogP contribution in [-0.2, 0) is 9.53 Å². The molecular weight excluding hydrogens is 354 g/mol. The lowest BCUT2D eigenvalue weighted by Gasteiger charge is -2.15. The van der Waals surface area contributed by atoms with Crippen molar-refractivity contribution in [3.63, 3.8) is 0 Å². The van der Waals surface area contributed by atoms with Gasteiger partial charge in [0.25, 0.3) is 11.8 Å². The molecule has 3 rings (SSSR count). The van der Waals surface area contributed by atoms with Crippen LogP contribution in [0.5, 0.6) is 0 Å². The molecule has 0 radical (unpaired) electrons. The van der Waals surface area contributed by atoms with E-state index in [2.05, 4.69) is 15.8 Å². The number of ether oxygens (including phenoxy) is 1. The van der Waals surface area contributed by atoms with Crippen LogP contribution in [-0.4, -0.2) is 30.0 Å². The van der Waals surface area contributed by atoms with Crippen LogP contribution in [0, 0.1) is 6.92 Å². The summed E-state index contributed by atoms with van der Waals surface area (Å²) >= 11 is 0. The number of carbonyl (C=O) groups excluding carboxylic acids is 2. The van der Waals surface area contributed by atoms with Crippen LogP contribution in [0.3, 0.4) is 0 Å². The highest BCUT2D eigenvalue weighted by molar-refractivity contribution is 6.07. The number of methoxy groups -OCH3 is 1. The third-order valence-corrected chi connectivity index (χ3v) is 4.56. The zero-order chi connectivity index (χ0) is 20.1. The molecular formula is C22H23N3O3. The minimum atomic E-state index is -0.613. The van der Waals surface area contributed by atoms with Crippen molar-refractivity contribution < 1.29 is 14.3 Å². The molecule has 144 valence electrons. The van der Waals surface area contributed by atoms with Crippen LogP contribution in [0.4, 0.5) is 0 Å². The molecule has 0 aliphatic carbocycles. The van der Waals surface area contributed by atoms with E-state index in [9.17, 15) is 9.59 Å². The number of carbonyl (C=O) groups is 2. The number of hydrazine groups is 1. The maximum atomic E-state index is 12.8. The number of nitrogens with zero attached hydrogens (tertiary/aromatic N) is 1. The smallest absolute Gasteiger partial charge is 0.270 e. The van der Waals surface area contributed by atoms with Crippen molar-refractivity contribution >= 4 is 22.7 Å². The summed E-state index contributed by atoms with van der Waals surface area (Å²) < 4.78 is 5.08. The number of nitrogens with one attached hydrogen (secondary N) is 2.